The molecule has 0 fully saturated rings. The van der Waals surface area contributed by atoms with Crippen molar-refractivity contribution in [2.45, 2.75) is 32.9 Å². The van der Waals surface area contributed by atoms with Crippen LogP contribution in [0.15, 0.2) is 18.2 Å². The van der Waals surface area contributed by atoms with Crippen molar-refractivity contribution in [2.24, 2.45) is 5.92 Å². The fourth-order valence-electron chi connectivity index (χ4n) is 1.97. The van der Waals surface area contributed by atoms with Crippen LogP contribution in [0.5, 0.6) is 0 Å². The number of aromatic nitrogens is 2. The van der Waals surface area contributed by atoms with E-state index in [4.69, 9.17) is 0 Å². The standard InChI is InChI=1S/C13H15F3N2/c1-7(2)8(3)11-9-5-4-6-10(13(14,15)16)12(9)18-17-11/h4-8H,1-3H3,(H,17,18). The molecule has 1 aromatic carbocycles. The quantitative estimate of drug-likeness (QED) is 0.850. The molecular formula is C13H15F3N2. The normalized spacial score (nSPS) is 14.4. The largest absolute Gasteiger partial charge is 0.418 e. The average molecular weight is 256 g/mol. The van der Waals surface area contributed by atoms with E-state index < -0.39 is 11.7 Å². The van der Waals surface area contributed by atoms with Gasteiger partial charge in [-0.2, -0.15) is 18.3 Å². The summed E-state index contributed by atoms with van der Waals surface area (Å²) < 4.78 is 38.5. The lowest BCUT2D eigenvalue weighted by Gasteiger charge is -2.14. The number of benzene rings is 1. The third kappa shape index (κ3) is 2.09. The lowest BCUT2D eigenvalue weighted by molar-refractivity contribution is -0.136. The summed E-state index contributed by atoms with van der Waals surface area (Å²) in [6.45, 7) is 6.05. The van der Waals surface area contributed by atoms with Crippen molar-refractivity contribution in [2.75, 3.05) is 0 Å². The second kappa shape index (κ2) is 4.30. The van der Waals surface area contributed by atoms with Crippen molar-refractivity contribution >= 4 is 10.9 Å². The van der Waals surface area contributed by atoms with Crippen LogP contribution in [0.2, 0.25) is 0 Å². The van der Waals surface area contributed by atoms with E-state index in [0.717, 1.165) is 11.8 Å². The molecule has 1 aromatic heterocycles. The van der Waals surface area contributed by atoms with E-state index in [1.165, 1.54) is 6.07 Å². The molecule has 0 aliphatic carbocycles. The molecule has 1 unspecified atom stereocenters. The van der Waals surface area contributed by atoms with Crippen LogP contribution in [0.3, 0.4) is 0 Å². The minimum absolute atomic E-state index is 0.00694. The first-order chi connectivity index (χ1) is 8.32. The SMILES string of the molecule is CC(C)C(C)c1[nH]nc2c(C(F)(F)F)cccc12. The van der Waals surface area contributed by atoms with Gasteiger partial charge in [0, 0.05) is 17.0 Å². The molecule has 1 atom stereocenters. The van der Waals surface area contributed by atoms with Crippen molar-refractivity contribution in [1.82, 2.24) is 10.2 Å². The molecule has 0 radical (unpaired) electrons. The topological polar surface area (TPSA) is 28.7 Å². The van der Waals surface area contributed by atoms with E-state index in [1.807, 2.05) is 20.8 Å². The van der Waals surface area contributed by atoms with E-state index in [2.05, 4.69) is 10.2 Å². The van der Waals surface area contributed by atoms with Gasteiger partial charge >= 0.3 is 6.18 Å². The maximum absolute atomic E-state index is 12.8. The molecule has 2 nitrogen and oxygen atoms in total. The number of hydrogen-bond acceptors (Lipinski definition) is 1. The minimum Gasteiger partial charge on any atom is -0.281 e. The van der Waals surface area contributed by atoms with Crippen LogP contribution in [0.1, 0.15) is 37.9 Å². The maximum Gasteiger partial charge on any atom is 0.418 e. The number of aromatic amines is 1. The van der Waals surface area contributed by atoms with Crippen LogP contribution in [0.4, 0.5) is 13.2 Å². The summed E-state index contributed by atoms with van der Waals surface area (Å²) in [4.78, 5) is 0. The van der Waals surface area contributed by atoms with Crippen LogP contribution in [0, 0.1) is 5.92 Å². The van der Waals surface area contributed by atoms with Gasteiger partial charge in [-0.15, -0.1) is 0 Å². The highest BCUT2D eigenvalue weighted by Crippen LogP contribution is 2.36. The van der Waals surface area contributed by atoms with Gasteiger partial charge in [0.25, 0.3) is 0 Å². The highest BCUT2D eigenvalue weighted by Gasteiger charge is 2.34. The number of H-pyrrole nitrogens is 1. The van der Waals surface area contributed by atoms with E-state index in [0.29, 0.717) is 11.3 Å². The van der Waals surface area contributed by atoms with Crippen LogP contribution < -0.4 is 0 Å². The molecule has 0 bridgehead atoms. The molecule has 2 rings (SSSR count). The Kier molecular flexibility index (Phi) is 3.09. The number of hydrogen-bond donors (Lipinski definition) is 1. The highest BCUT2D eigenvalue weighted by molar-refractivity contribution is 5.85. The first kappa shape index (κ1) is 12.9. The van der Waals surface area contributed by atoms with Gasteiger partial charge in [-0.3, -0.25) is 5.10 Å². The summed E-state index contributed by atoms with van der Waals surface area (Å²) in [6, 6.07) is 4.17. The zero-order chi connectivity index (χ0) is 13.5. The lowest BCUT2D eigenvalue weighted by atomic mass is 9.92. The smallest absolute Gasteiger partial charge is 0.281 e. The molecule has 1 N–H and O–H groups in total. The van der Waals surface area contributed by atoms with E-state index >= 15 is 0 Å². The molecule has 98 valence electrons. The van der Waals surface area contributed by atoms with Crippen molar-refractivity contribution in [3.8, 4) is 0 Å². The monoisotopic (exact) mass is 256 g/mol. The van der Waals surface area contributed by atoms with Gasteiger partial charge < -0.3 is 0 Å². The molecule has 0 aliphatic rings. The second-order valence-corrected chi connectivity index (χ2v) is 4.87. The maximum atomic E-state index is 12.8. The molecule has 0 saturated heterocycles. The summed E-state index contributed by atoms with van der Waals surface area (Å²) >= 11 is 0. The number of fused-ring (bicyclic) bond motifs is 1. The number of para-hydroxylation sites is 1. The molecule has 5 heteroatoms. The number of halogens is 3. The zero-order valence-corrected chi connectivity index (χ0v) is 10.5. The highest BCUT2D eigenvalue weighted by atomic mass is 19.4. The van der Waals surface area contributed by atoms with Gasteiger partial charge in [-0.25, -0.2) is 0 Å². The third-order valence-corrected chi connectivity index (χ3v) is 3.38. The summed E-state index contributed by atoms with van der Waals surface area (Å²) in [5.41, 5.74) is 0.0945. The molecule has 2 aromatic rings. The number of nitrogens with one attached hydrogen (secondary N) is 1. The molecule has 0 saturated carbocycles. The number of rotatable bonds is 2. The van der Waals surface area contributed by atoms with Gasteiger partial charge in [-0.05, 0) is 12.0 Å². The summed E-state index contributed by atoms with van der Waals surface area (Å²) in [5, 5.41) is 7.16. The van der Waals surface area contributed by atoms with Gasteiger partial charge in [0.05, 0.1) is 5.56 Å². The fraction of sp³-hybridized carbons (Fsp3) is 0.462. The molecule has 0 amide bonds. The first-order valence-corrected chi connectivity index (χ1v) is 5.86. The Hall–Kier alpha value is -1.52. The second-order valence-electron chi connectivity index (χ2n) is 4.87. The van der Waals surface area contributed by atoms with Gasteiger partial charge in [0.2, 0.25) is 0 Å². The van der Waals surface area contributed by atoms with E-state index in [-0.39, 0.29) is 11.4 Å². The predicted octanol–water partition coefficient (Wildman–Crippen LogP) is 4.34. The Morgan fingerprint density at radius 2 is 1.83 bits per heavy atom. The zero-order valence-electron chi connectivity index (χ0n) is 10.5. The number of nitrogens with zero attached hydrogens (tertiary/aromatic N) is 1. The fourth-order valence-corrected chi connectivity index (χ4v) is 1.97. The van der Waals surface area contributed by atoms with Gasteiger partial charge in [0.15, 0.2) is 0 Å². The Balaban J connectivity index is 2.63. The van der Waals surface area contributed by atoms with Crippen LogP contribution in [-0.4, -0.2) is 10.2 Å². The molecule has 0 aliphatic heterocycles. The minimum atomic E-state index is -4.37. The molecular weight excluding hydrogens is 241 g/mol. The Bertz CT molecular complexity index is 555. The van der Waals surface area contributed by atoms with Gasteiger partial charge in [0.1, 0.15) is 5.52 Å². The summed E-state index contributed by atoms with van der Waals surface area (Å²) in [7, 11) is 0. The predicted molar refractivity (Wildman–Crippen MR) is 64.3 cm³/mol. The van der Waals surface area contributed by atoms with Gasteiger partial charge in [-0.1, -0.05) is 32.9 Å². The first-order valence-electron chi connectivity index (χ1n) is 5.86. The number of alkyl halides is 3. The molecule has 18 heavy (non-hydrogen) atoms. The third-order valence-electron chi connectivity index (χ3n) is 3.38. The van der Waals surface area contributed by atoms with Crippen LogP contribution in [-0.2, 0) is 6.18 Å². The van der Waals surface area contributed by atoms with Crippen molar-refractivity contribution < 1.29 is 13.2 Å². The van der Waals surface area contributed by atoms with E-state index in [1.54, 1.807) is 6.07 Å². The lowest BCUT2D eigenvalue weighted by Crippen LogP contribution is -2.05. The van der Waals surface area contributed by atoms with E-state index in [9.17, 15) is 13.2 Å². The Morgan fingerprint density at radius 3 is 2.39 bits per heavy atom. The Morgan fingerprint density at radius 1 is 1.17 bits per heavy atom. The summed E-state index contributed by atoms with van der Waals surface area (Å²) in [6.07, 6.45) is -4.37. The van der Waals surface area contributed by atoms with Crippen molar-refractivity contribution in [3.63, 3.8) is 0 Å². The van der Waals surface area contributed by atoms with Crippen molar-refractivity contribution in [1.29, 1.82) is 0 Å². The Labute approximate surface area is 103 Å². The van der Waals surface area contributed by atoms with Crippen LogP contribution >= 0.6 is 0 Å². The average Bonchev–Trinajstić information content (AvgIpc) is 2.69. The van der Waals surface area contributed by atoms with Crippen molar-refractivity contribution in [3.05, 3.63) is 29.5 Å². The van der Waals surface area contributed by atoms with Crippen LogP contribution in [0.25, 0.3) is 10.9 Å². The molecule has 1 heterocycles. The molecule has 0 spiro atoms. The summed E-state index contributed by atoms with van der Waals surface area (Å²) in [5.74, 6) is 0.474.